The van der Waals surface area contributed by atoms with Gasteiger partial charge in [0.15, 0.2) is 0 Å². The topological polar surface area (TPSA) is 28.7 Å². The Morgan fingerprint density at radius 3 is 2.80 bits per heavy atom. The predicted molar refractivity (Wildman–Crippen MR) is 64.6 cm³/mol. The molecule has 2 aromatic rings. The van der Waals surface area contributed by atoms with Gasteiger partial charge in [0.25, 0.3) is 0 Å². The van der Waals surface area contributed by atoms with Crippen LogP contribution in [0.1, 0.15) is 5.82 Å². The van der Waals surface area contributed by atoms with E-state index in [1.54, 1.807) is 0 Å². The van der Waals surface area contributed by atoms with Crippen molar-refractivity contribution in [2.45, 2.75) is 6.92 Å². The first kappa shape index (κ1) is 10.3. The Balaban J connectivity index is 2.59. The van der Waals surface area contributed by atoms with E-state index in [2.05, 4.69) is 9.97 Å². The van der Waals surface area contributed by atoms with Crippen molar-refractivity contribution in [1.82, 2.24) is 9.97 Å². The smallest absolute Gasteiger partial charge is 0.130 e. The molecule has 2 rings (SSSR count). The number of aromatic amines is 1. The van der Waals surface area contributed by atoms with Crippen LogP contribution in [0.15, 0.2) is 30.3 Å². The molecule has 0 atom stereocenters. The van der Waals surface area contributed by atoms with Crippen LogP contribution in [0.5, 0.6) is 0 Å². The maximum Gasteiger partial charge on any atom is 0.130 e. The molecule has 0 aliphatic heterocycles. The van der Waals surface area contributed by atoms with Crippen LogP contribution in [-0.2, 0) is 0 Å². The maximum absolute atomic E-state index is 5.92. The summed E-state index contributed by atoms with van der Waals surface area (Å²) in [6.45, 7) is 1.88. The summed E-state index contributed by atoms with van der Waals surface area (Å²) in [6.07, 6.45) is 0. The van der Waals surface area contributed by atoms with E-state index in [0.29, 0.717) is 9.66 Å². The quantitative estimate of drug-likeness (QED) is 0.764. The Morgan fingerprint density at radius 2 is 2.13 bits per heavy atom. The highest BCUT2D eigenvalue weighted by molar-refractivity contribution is 7.71. The lowest BCUT2D eigenvalue weighted by Gasteiger charge is -2.03. The third kappa shape index (κ3) is 2.43. The average molecular weight is 237 g/mol. The Bertz CT molecular complexity index is 548. The van der Waals surface area contributed by atoms with Crippen LogP contribution >= 0.6 is 23.8 Å². The minimum absolute atomic E-state index is 0.584. The van der Waals surface area contributed by atoms with Gasteiger partial charge in [-0.3, -0.25) is 0 Å². The number of rotatable bonds is 1. The van der Waals surface area contributed by atoms with Gasteiger partial charge in [0.05, 0.1) is 0 Å². The van der Waals surface area contributed by atoms with Crippen molar-refractivity contribution in [3.05, 3.63) is 45.8 Å². The number of nitrogens with one attached hydrogen (secondary N) is 1. The number of aryl methyl sites for hydroxylation is 1. The molecule has 1 heterocycles. The summed E-state index contributed by atoms with van der Waals surface area (Å²) < 4.78 is 0.584. The van der Waals surface area contributed by atoms with Gasteiger partial charge in [-0.05, 0) is 30.7 Å². The molecule has 15 heavy (non-hydrogen) atoms. The van der Waals surface area contributed by atoms with E-state index in [0.717, 1.165) is 17.1 Å². The van der Waals surface area contributed by atoms with Gasteiger partial charge in [-0.25, -0.2) is 4.98 Å². The van der Waals surface area contributed by atoms with Gasteiger partial charge in [-0.15, -0.1) is 0 Å². The molecular weight excluding hydrogens is 228 g/mol. The van der Waals surface area contributed by atoms with Crippen molar-refractivity contribution in [3.63, 3.8) is 0 Å². The highest BCUT2D eigenvalue weighted by atomic mass is 35.5. The number of H-pyrrole nitrogens is 1. The van der Waals surface area contributed by atoms with Crippen molar-refractivity contribution in [2.24, 2.45) is 0 Å². The molecule has 0 fully saturated rings. The van der Waals surface area contributed by atoms with Crippen molar-refractivity contribution in [2.75, 3.05) is 0 Å². The van der Waals surface area contributed by atoms with Crippen LogP contribution in [0.25, 0.3) is 11.3 Å². The molecule has 0 unspecified atom stereocenters. The lowest BCUT2D eigenvalue weighted by molar-refractivity contribution is 1.05. The summed E-state index contributed by atoms with van der Waals surface area (Å²) in [7, 11) is 0. The summed E-state index contributed by atoms with van der Waals surface area (Å²) in [6, 6.07) is 9.44. The fraction of sp³-hybridized carbons (Fsp3) is 0.0909. The number of aromatic nitrogens is 2. The van der Waals surface area contributed by atoms with Crippen LogP contribution in [-0.4, -0.2) is 9.97 Å². The first-order valence-electron chi connectivity index (χ1n) is 4.49. The summed E-state index contributed by atoms with van der Waals surface area (Å²) >= 11 is 11.0. The third-order valence-corrected chi connectivity index (χ3v) is 2.44. The highest BCUT2D eigenvalue weighted by Gasteiger charge is 1.99. The second kappa shape index (κ2) is 4.13. The molecule has 0 bridgehead atoms. The minimum Gasteiger partial charge on any atom is -0.343 e. The molecule has 0 aliphatic rings. The first-order valence-corrected chi connectivity index (χ1v) is 5.28. The fourth-order valence-corrected chi connectivity index (χ4v) is 1.84. The highest BCUT2D eigenvalue weighted by Crippen LogP contribution is 2.20. The lowest BCUT2D eigenvalue weighted by Crippen LogP contribution is -1.91. The van der Waals surface area contributed by atoms with E-state index < -0.39 is 0 Å². The zero-order valence-corrected chi connectivity index (χ0v) is 9.69. The Labute approximate surface area is 98.0 Å². The van der Waals surface area contributed by atoms with Crippen molar-refractivity contribution in [3.8, 4) is 11.3 Å². The molecule has 1 aromatic heterocycles. The molecule has 0 radical (unpaired) electrons. The third-order valence-electron chi connectivity index (χ3n) is 2.00. The van der Waals surface area contributed by atoms with Gasteiger partial charge >= 0.3 is 0 Å². The Kier molecular flexibility index (Phi) is 2.84. The average Bonchev–Trinajstić information content (AvgIpc) is 2.16. The molecule has 0 saturated carbocycles. The molecule has 0 saturated heterocycles. The molecule has 0 amide bonds. The molecule has 2 nitrogen and oxygen atoms in total. The molecular formula is C11H9ClN2S. The second-order valence-electron chi connectivity index (χ2n) is 3.23. The Hall–Kier alpha value is -1.19. The normalized spacial score (nSPS) is 10.3. The summed E-state index contributed by atoms with van der Waals surface area (Å²) in [5, 5.41) is 0.710. The number of nitrogens with zero attached hydrogens (tertiary/aromatic N) is 1. The van der Waals surface area contributed by atoms with Gasteiger partial charge < -0.3 is 4.98 Å². The van der Waals surface area contributed by atoms with E-state index >= 15 is 0 Å². The summed E-state index contributed by atoms with van der Waals surface area (Å²) in [5.41, 5.74) is 1.95. The van der Waals surface area contributed by atoms with Crippen LogP contribution in [0.3, 0.4) is 0 Å². The van der Waals surface area contributed by atoms with Crippen LogP contribution < -0.4 is 0 Å². The van der Waals surface area contributed by atoms with Gasteiger partial charge in [0.1, 0.15) is 10.5 Å². The molecule has 4 heteroatoms. The van der Waals surface area contributed by atoms with Crippen molar-refractivity contribution >= 4 is 23.8 Å². The van der Waals surface area contributed by atoms with E-state index in [-0.39, 0.29) is 0 Å². The van der Waals surface area contributed by atoms with Crippen LogP contribution in [0.2, 0.25) is 5.02 Å². The number of hydrogen-bond acceptors (Lipinski definition) is 2. The van der Waals surface area contributed by atoms with Gasteiger partial charge in [-0.1, -0.05) is 36.0 Å². The number of hydrogen-bond donors (Lipinski definition) is 1. The monoisotopic (exact) mass is 236 g/mol. The van der Waals surface area contributed by atoms with Crippen LogP contribution in [0, 0.1) is 11.6 Å². The number of benzene rings is 1. The fourth-order valence-electron chi connectivity index (χ4n) is 1.39. The van der Waals surface area contributed by atoms with Gasteiger partial charge in [-0.2, -0.15) is 0 Å². The predicted octanol–water partition coefficient (Wildman–Crippen LogP) is 3.77. The van der Waals surface area contributed by atoms with E-state index in [1.807, 2.05) is 37.3 Å². The van der Waals surface area contributed by atoms with Gasteiger partial charge in [0.2, 0.25) is 0 Å². The Morgan fingerprint density at radius 1 is 1.33 bits per heavy atom. The SMILES string of the molecule is Cc1nc(=S)cc(-c2cccc(Cl)c2)[nH]1. The molecule has 1 aromatic carbocycles. The minimum atomic E-state index is 0.584. The zero-order chi connectivity index (χ0) is 10.8. The lowest BCUT2D eigenvalue weighted by atomic mass is 10.1. The summed E-state index contributed by atoms with van der Waals surface area (Å²) in [5.74, 6) is 0.803. The van der Waals surface area contributed by atoms with Gasteiger partial charge in [0, 0.05) is 10.7 Å². The zero-order valence-electron chi connectivity index (χ0n) is 8.12. The van der Waals surface area contributed by atoms with Crippen LogP contribution in [0.4, 0.5) is 0 Å². The largest absolute Gasteiger partial charge is 0.343 e. The molecule has 1 N–H and O–H groups in total. The first-order chi connectivity index (χ1) is 7.15. The van der Waals surface area contributed by atoms with Crippen molar-refractivity contribution < 1.29 is 0 Å². The second-order valence-corrected chi connectivity index (χ2v) is 4.08. The molecule has 76 valence electrons. The summed E-state index contributed by atoms with van der Waals surface area (Å²) in [4.78, 5) is 7.26. The maximum atomic E-state index is 5.92. The molecule has 0 spiro atoms. The molecule has 0 aliphatic carbocycles. The standard InChI is InChI=1S/C11H9ClN2S/c1-7-13-10(6-11(15)14-7)8-3-2-4-9(12)5-8/h2-6H,1H3,(H,13,14,15). The van der Waals surface area contributed by atoms with E-state index in [9.17, 15) is 0 Å². The van der Waals surface area contributed by atoms with E-state index in [1.165, 1.54) is 0 Å². The number of halogens is 1. The van der Waals surface area contributed by atoms with E-state index in [4.69, 9.17) is 23.8 Å². The van der Waals surface area contributed by atoms with Crippen molar-refractivity contribution in [1.29, 1.82) is 0 Å².